The number of urea groups is 1. The Labute approximate surface area is 107 Å². The predicted octanol–water partition coefficient (Wildman–Crippen LogP) is 1.91. The molecule has 2 aliphatic rings. The number of hydrogen-bond donors (Lipinski definition) is 0. The van der Waals surface area contributed by atoms with Gasteiger partial charge in [0.05, 0.1) is 0 Å². The largest absolute Gasteiger partial charge is 0.334 e. The van der Waals surface area contributed by atoms with Gasteiger partial charge in [0.15, 0.2) is 0 Å². The van der Waals surface area contributed by atoms with E-state index in [1.54, 1.807) is 6.92 Å². The van der Waals surface area contributed by atoms with Crippen molar-refractivity contribution in [2.75, 3.05) is 0 Å². The molecule has 1 heterocycles. The molecule has 1 saturated carbocycles. The normalized spacial score (nSPS) is 24.0. The number of imide groups is 2. The molecule has 0 aromatic heterocycles. The molecule has 2 fully saturated rings. The summed E-state index contributed by atoms with van der Waals surface area (Å²) in [6.07, 6.45) is 5.54. The molecule has 0 bridgehead atoms. The summed E-state index contributed by atoms with van der Waals surface area (Å²) in [7, 11) is 0. The Balaban J connectivity index is 2.19. The van der Waals surface area contributed by atoms with Crippen molar-refractivity contribution in [1.82, 2.24) is 9.80 Å². The SMILES string of the molecule is CC[C@H](C)N1C(=O)C(=O)N(C2CCCCC2)C1=O. The maximum absolute atomic E-state index is 12.2. The van der Waals surface area contributed by atoms with Crippen molar-refractivity contribution < 1.29 is 14.4 Å². The molecule has 1 saturated heterocycles. The minimum Gasteiger partial charge on any atom is -0.263 e. The van der Waals surface area contributed by atoms with Crippen molar-refractivity contribution in [1.29, 1.82) is 0 Å². The van der Waals surface area contributed by atoms with Crippen LogP contribution in [0.5, 0.6) is 0 Å². The third-order valence-electron chi connectivity index (χ3n) is 4.00. The van der Waals surface area contributed by atoms with Gasteiger partial charge < -0.3 is 0 Å². The fraction of sp³-hybridized carbons (Fsp3) is 0.769. The molecule has 1 atom stereocenters. The third kappa shape index (κ3) is 2.02. The Kier molecular flexibility index (Phi) is 3.68. The van der Waals surface area contributed by atoms with E-state index in [1.165, 1.54) is 4.90 Å². The number of rotatable bonds is 3. The maximum atomic E-state index is 12.2. The summed E-state index contributed by atoms with van der Waals surface area (Å²) in [5.74, 6) is -1.29. The summed E-state index contributed by atoms with van der Waals surface area (Å²) >= 11 is 0. The maximum Gasteiger partial charge on any atom is 0.334 e. The minimum atomic E-state index is -0.653. The van der Waals surface area contributed by atoms with Crippen LogP contribution in [-0.2, 0) is 9.59 Å². The monoisotopic (exact) mass is 252 g/mol. The van der Waals surface area contributed by atoms with E-state index in [4.69, 9.17) is 0 Å². The quantitative estimate of drug-likeness (QED) is 0.569. The standard InChI is InChI=1S/C13H20N2O3/c1-3-9(2)14-11(16)12(17)15(13(14)18)10-7-5-4-6-8-10/h9-10H,3-8H2,1-2H3/t9-/m0/s1. The van der Waals surface area contributed by atoms with Crippen molar-refractivity contribution in [3.05, 3.63) is 0 Å². The Hall–Kier alpha value is -1.39. The van der Waals surface area contributed by atoms with Crippen molar-refractivity contribution in [3.8, 4) is 0 Å². The number of carbonyl (C=O) groups excluding carboxylic acids is 3. The molecule has 0 unspecified atom stereocenters. The Morgan fingerprint density at radius 1 is 1.11 bits per heavy atom. The van der Waals surface area contributed by atoms with Crippen molar-refractivity contribution in [3.63, 3.8) is 0 Å². The Morgan fingerprint density at radius 2 is 1.72 bits per heavy atom. The van der Waals surface area contributed by atoms with Crippen LogP contribution in [0.2, 0.25) is 0 Å². The van der Waals surface area contributed by atoms with E-state index in [1.807, 2.05) is 6.92 Å². The fourth-order valence-electron chi connectivity index (χ4n) is 2.73. The topological polar surface area (TPSA) is 57.7 Å². The Morgan fingerprint density at radius 3 is 2.28 bits per heavy atom. The molecule has 1 aliphatic heterocycles. The van der Waals surface area contributed by atoms with E-state index in [9.17, 15) is 14.4 Å². The second-order valence-corrected chi connectivity index (χ2v) is 5.18. The summed E-state index contributed by atoms with van der Waals surface area (Å²) in [5.41, 5.74) is 0. The lowest BCUT2D eigenvalue weighted by molar-refractivity contribution is -0.144. The molecule has 5 heteroatoms. The average molecular weight is 252 g/mol. The zero-order chi connectivity index (χ0) is 13.3. The highest BCUT2D eigenvalue weighted by Gasteiger charge is 2.48. The van der Waals surface area contributed by atoms with Crippen LogP contribution in [0.3, 0.4) is 0 Å². The molecule has 0 aromatic rings. The highest BCUT2D eigenvalue weighted by Crippen LogP contribution is 2.27. The van der Waals surface area contributed by atoms with Gasteiger partial charge in [-0.1, -0.05) is 26.2 Å². The second-order valence-electron chi connectivity index (χ2n) is 5.18. The van der Waals surface area contributed by atoms with E-state index >= 15 is 0 Å². The smallest absolute Gasteiger partial charge is 0.263 e. The number of amides is 4. The van der Waals surface area contributed by atoms with Crippen LogP contribution in [0.25, 0.3) is 0 Å². The molecule has 100 valence electrons. The van der Waals surface area contributed by atoms with Gasteiger partial charge in [-0.05, 0) is 26.2 Å². The van der Waals surface area contributed by atoms with E-state index in [0.717, 1.165) is 37.0 Å². The van der Waals surface area contributed by atoms with Gasteiger partial charge in [0.2, 0.25) is 0 Å². The lowest BCUT2D eigenvalue weighted by atomic mass is 9.94. The summed E-state index contributed by atoms with van der Waals surface area (Å²) in [6.45, 7) is 3.70. The average Bonchev–Trinajstić information content (AvgIpc) is 2.61. The molecule has 1 aliphatic carbocycles. The number of nitrogens with zero attached hydrogens (tertiary/aromatic N) is 2. The Bertz CT molecular complexity index is 374. The van der Waals surface area contributed by atoms with E-state index in [0.29, 0.717) is 6.42 Å². The summed E-state index contributed by atoms with van der Waals surface area (Å²) in [4.78, 5) is 38.4. The highest BCUT2D eigenvalue weighted by atomic mass is 16.2. The first-order valence-electron chi connectivity index (χ1n) is 6.78. The van der Waals surface area contributed by atoms with Crippen LogP contribution in [0.1, 0.15) is 52.4 Å². The highest BCUT2D eigenvalue weighted by molar-refractivity contribution is 6.44. The molecule has 0 aromatic carbocycles. The zero-order valence-corrected chi connectivity index (χ0v) is 11.0. The van der Waals surface area contributed by atoms with Crippen molar-refractivity contribution >= 4 is 17.8 Å². The minimum absolute atomic E-state index is 0.0724. The molecule has 18 heavy (non-hydrogen) atoms. The van der Waals surface area contributed by atoms with E-state index in [-0.39, 0.29) is 12.1 Å². The molecular weight excluding hydrogens is 232 g/mol. The molecule has 4 amide bonds. The lowest BCUT2D eigenvalue weighted by Crippen LogP contribution is -2.43. The van der Waals surface area contributed by atoms with Crippen LogP contribution in [0.4, 0.5) is 4.79 Å². The van der Waals surface area contributed by atoms with Gasteiger partial charge >= 0.3 is 17.8 Å². The zero-order valence-electron chi connectivity index (χ0n) is 11.0. The van der Waals surface area contributed by atoms with Crippen LogP contribution in [0, 0.1) is 0 Å². The van der Waals surface area contributed by atoms with E-state index < -0.39 is 17.8 Å². The number of hydrogen-bond acceptors (Lipinski definition) is 3. The molecule has 0 N–H and O–H groups in total. The summed E-state index contributed by atoms with van der Waals surface area (Å²) in [6, 6.07) is -0.689. The van der Waals surface area contributed by atoms with Crippen LogP contribution >= 0.6 is 0 Å². The molecule has 2 rings (SSSR count). The molecule has 0 spiro atoms. The molecule has 0 radical (unpaired) electrons. The molecule has 5 nitrogen and oxygen atoms in total. The van der Waals surface area contributed by atoms with Crippen LogP contribution < -0.4 is 0 Å². The molecular formula is C13H20N2O3. The van der Waals surface area contributed by atoms with Gasteiger partial charge in [0.25, 0.3) is 0 Å². The van der Waals surface area contributed by atoms with Gasteiger partial charge in [-0.15, -0.1) is 0 Å². The van der Waals surface area contributed by atoms with Gasteiger partial charge in [-0.25, -0.2) is 4.79 Å². The van der Waals surface area contributed by atoms with Gasteiger partial charge in [0.1, 0.15) is 0 Å². The van der Waals surface area contributed by atoms with Crippen molar-refractivity contribution in [2.45, 2.75) is 64.5 Å². The first kappa shape index (κ1) is 13.1. The van der Waals surface area contributed by atoms with Crippen LogP contribution in [0.15, 0.2) is 0 Å². The van der Waals surface area contributed by atoms with E-state index in [2.05, 4.69) is 0 Å². The number of carbonyl (C=O) groups is 3. The van der Waals surface area contributed by atoms with Gasteiger partial charge in [0, 0.05) is 12.1 Å². The van der Waals surface area contributed by atoms with Gasteiger partial charge in [-0.3, -0.25) is 19.4 Å². The third-order valence-corrected chi connectivity index (χ3v) is 4.00. The first-order chi connectivity index (χ1) is 8.57. The summed E-state index contributed by atoms with van der Waals surface area (Å²) in [5, 5.41) is 0. The summed E-state index contributed by atoms with van der Waals surface area (Å²) < 4.78 is 0. The van der Waals surface area contributed by atoms with Crippen LogP contribution in [-0.4, -0.2) is 39.7 Å². The van der Waals surface area contributed by atoms with Gasteiger partial charge in [-0.2, -0.15) is 0 Å². The first-order valence-corrected chi connectivity index (χ1v) is 6.78. The van der Waals surface area contributed by atoms with Crippen molar-refractivity contribution in [2.24, 2.45) is 0 Å². The fourth-order valence-corrected chi connectivity index (χ4v) is 2.73. The lowest BCUT2D eigenvalue weighted by Gasteiger charge is -2.29. The second kappa shape index (κ2) is 5.08. The predicted molar refractivity (Wildman–Crippen MR) is 65.7 cm³/mol.